The van der Waals surface area contributed by atoms with Crippen LogP contribution < -0.4 is 9.62 Å². The Balaban J connectivity index is 1.40. The van der Waals surface area contributed by atoms with Crippen molar-refractivity contribution in [1.82, 2.24) is 4.72 Å². The number of benzene rings is 3. The first-order valence-corrected chi connectivity index (χ1v) is 20.9. The first-order valence-electron chi connectivity index (χ1n) is 18.7. The Labute approximate surface area is 316 Å². The van der Waals surface area contributed by atoms with Crippen LogP contribution in [-0.4, -0.2) is 58.5 Å². The van der Waals surface area contributed by atoms with Crippen LogP contribution in [0.4, 0.5) is 5.69 Å². The molecule has 52 heavy (non-hydrogen) atoms. The molecule has 1 unspecified atom stereocenters. The molecule has 7 nitrogen and oxygen atoms in total. The van der Waals surface area contributed by atoms with E-state index in [1.54, 1.807) is 7.11 Å². The van der Waals surface area contributed by atoms with E-state index in [2.05, 4.69) is 52.8 Å². The number of ether oxygens (including phenoxy) is 1. The number of Topliss-reactive ketones (excluding diaryl/α,β-unsaturated/α-hetero) is 1. The molecule has 9 heteroatoms. The van der Waals surface area contributed by atoms with Crippen LogP contribution in [-0.2, 0) is 38.6 Å². The highest BCUT2D eigenvalue weighted by Gasteiger charge is 2.37. The fraction of sp³-hybridized carbons (Fsp3) is 0.465. The van der Waals surface area contributed by atoms with Gasteiger partial charge in [-0.2, -0.15) is 0 Å². The molecule has 282 valence electrons. The number of unbranched alkanes of at least 4 members (excludes halogenated alkanes) is 1. The van der Waals surface area contributed by atoms with E-state index < -0.39 is 21.7 Å². The molecular formula is C43H57ClN2O5S. The van der Waals surface area contributed by atoms with Crippen molar-refractivity contribution < 1.29 is 23.6 Å². The zero-order chi connectivity index (χ0) is 37.7. The Kier molecular flexibility index (Phi) is 16.0. The lowest BCUT2D eigenvalue weighted by molar-refractivity contribution is -0.127. The zero-order valence-electron chi connectivity index (χ0n) is 31.3. The number of ketones is 1. The third kappa shape index (κ3) is 12.3. The molecule has 3 aromatic carbocycles. The molecule has 1 aliphatic rings. The topological polar surface area (TPSA) is 95.9 Å². The predicted octanol–water partition coefficient (Wildman–Crippen LogP) is 8.26. The second-order valence-electron chi connectivity index (χ2n) is 14.3. The van der Waals surface area contributed by atoms with Crippen molar-refractivity contribution in [3.63, 3.8) is 0 Å². The number of methoxy groups -OCH3 is 1. The number of allylic oxidation sites excluding steroid dienone is 1. The number of halogens is 1. The number of anilines is 1. The minimum Gasteiger partial charge on any atom is -0.383 e. The van der Waals surface area contributed by atoms with Gasteiger partial charge in [0.15, 0.2) is 5.78 Å². The predicted molar refractivity (Wildman–Crippen MR) is 217 cm³/mol. The van der Waals surface area contributed by atoms with E-state index in [-0.39, 0.29) is 30.0 Å². The molecule has 4 rings (SSSR count). The summed E-state index contributed by atoms with van der Waals surface area (Å²) in [7, 11) is -1.19. The SMILES string of the molecule is C=S(=O)(C[C@@H](C)C/C=C/[C@H](OC)[C@@H]1CC[C@H]1CN(Cc1ccc(Cl)cc1CCCC)c1cccc(C(=O)CC)c1)NC(=O)[C@@H](O)Cc1ccccc1. The number of nitrogens with one attached hydrogen (secondary N) is 1. The minimum atomic E-state index is -2.94. The van der Waals surface area contributed by atoms with Crippen LogP contribution in [0.2, 0.25) is 5.02 Å². The average Bonchev–Trinajstić information content (AvgIpc) is 3.11. The summed E-state index contributed by atoms with van der Waals surface area (Å²) in [6.45, 7) is 7.63. The summed E-state index contributed by atoms with van der Waals surface area (Å²) in [6.07, 6.45) is 9.39. The molecule has 0 aliphatic heterocycles. The fourth-order valence-electron chi connectivity index (χ4n) is 7.02. The Hall–Kier alpha value is -3.43. The number of hydrogen-bond donors (Lipinski definition) is 2. The van der Waals surface area contributed by atoms with Crippen LogP contribution in [0.5, 0.6) is 0 Å². The number of amides is 1. The van der Waals surface area contributed by atoms with E-state index in [9.17, 15) is 18.9 Å². The molecular weight excluding hydrogens is 692 g/mol. The third-order valence-corrected chi connectivity index (χ3v) is 12.0. The largest absolute Gasteiger partial charge is 0.383 e. The van der Waals surface area contributed by atoms with Crippen LogP contribution in [0, 0.1) is 17.8 Å². The summed E-state index contributed by atoms with van der Waals surface area (Å²) >= 11 is 6.44. The number of hydrogen-bond acceptors (Lipinski definition) is 6. The molecule has 1 fully saturated rings. The molecule has 1 amide bonds. The fourth-order valence-corrected chi connectivity index (χ4v) is 8.86. The zero-order valence-corrected chi connectivity index (χ0v) is 32.8. The molecule has 0 saturated heterocycles. The van der Waals surface area contributed by atoms with Gasteiger partial charge >= 0.3 is 0 Å². The van der Waals surface area contributed by atoms with Crippen molar-refractivity contribution >= 4 is 44.6 Å². The van der Waals surface area contributed by atoms with Gasteiger partial charge in [0, 0.05) is 64.8 Å². The van der Waals surface area contributed by atoms with Crippen molar-refractivity contribution in [2.75, 3.05) is 24.3 Å². The van der Waals surface area contributed by atoms with E-state index in [0.717, 1.165) is 67.0 Å². The first-order chi connectivity index (χ1) is 24.9. The normalized spacial score (nSPS) is 18.6. The van der Waals surface area contributed by atoms with Gasteiger partial charge < -0.3 is 14.7 Å². The van der Waals surface area contributed by atoms with Crippen LogP contribution in [0.25, 0.3) is 0 Å². The number of aliphatic hydroxyl groups is 1. The number of aliphatic hydroxyl groups excluding tert-OH is 1. The summed E-state index contributed by atoms with van der Waals surface area (Å²) in [6, 6.07) is 23.4. The quantitative estimate of drug-likeness (QED) is 0.0648. The van der Waals surface area contributed by atoms with Gasteiger partial charge in [-0.1, -0.05) is 99.5 Å². The van der Waals surface area contributed by atoms with Crippen LogP contribution in [0.3, 0.4) is 0 Å². The Morgan fingerprint density at radius 3 is 2.52 bits per heavy atom. The van der Waals surface area contributed by atoms with Gasteiger partial charge in [-0.15, -0.1) is 0 Å². The lowest BCUT2D eigenvalue weighted by atomic mass is 9.70. The molecule has 6 atom stereocenters. The Morgan fingerprint density at radius 1 is 1.08 bits per heavy atom. The maximum atomic E-state index is 13.2. The van der Waals surface area contributed by atoms with E-state index >= 15 is 0 Å². The van der Waals surface area contributed by atoms with E-state index in [1.165, 1.54) is 11.1 Å². The van der Waals surface area contributed by atoms with Crippen LogP contribution in [0.15, 0.2) is 84.9 Å². The van der Waals surface area contributed by atoms with Gasteiger partial charge in [0.1, 0.15) is 6.10 Å². The van der Waals surface area contributed by atoms with E-state index in [4.69, 9.17) is 16.3 Å². The van der Waals surface area contributed by atoms with Gasteiger partial charge in [0.05, 0.1) is 6.10 Å². The van der Waals surface area contributed by atoms with Gasteiger partial charge in [0.2, 0.25) is 0 Å². The highest BCUT2D eigenvalue weighted by atomic mass is 35.5. The van der Waals surface area contributed by atoms with Crippen molar-refractivity contribution in [3.8, 4) is 0 Å². The van der Waals surface area contributed by atoms with Crippen molar-refractivity contribution in [2.45, 2.75) is 90.9 Å². The molecule has 2 N–H and O–H groups in total. The number of rotatable bonds is 21. The van der Waals surface area contributed by atoms with E-state index in [1.807, 2.05) is 68.4 Å². The summed E-state index contributed by atoms with van der Waals surface area (Å²) < 4.78 is 21.7. The van der Waals surface area contributed by atoms with Gasteiger partial charge in [-0.05, 0) is 96.7 Å². The van der Waals surface area contributed by atoms with Gasteiger partial charge in [-0.25, -0.2) is 4.21 Å². The number of carbonyl (C=O) groups is 2. The molecule has 1 saturated carbocycles. The van der Waals surface area contributed by atoms with Crippen molar-refractivity contribution in [2.24, 2.45) is 17.8 Å². The second-order valence-corrected chi connectivity index (χ2v) is 16.9. The average molecular weight is 749 g/mol. The third-order valence-electron chi connectivity index (χ3n) is 10.1. The summed E-state index contributed by atoms with van der Waals surface area (Å²) in [5.74, 6) is 4.15. The maximum Gasteiger partial charge on any atom is 0.260 e. The molecule has 1 aliphatic carbocycles. The summed E-state index contributed by atoms with van der Waals surface area (Å²) in [5.41, 5.74) is 5.12. The molecule has 0 radical (unpaired) electrons. The number of nitrogens with zero attached hydrogens (tertiary/aromatic N) is 1. The smallest absolute Gasteiger partial charge is 0.260 e. The highest BCUT2D eigenvalue weighted by Crippen LogP contribution is 2.40. The number of carbonyl (C=O) groups excluding carboxylic acids is 2. The standard InChI is InChI=1S/C43H57ClN2O5S/c1-6-8-17-33-26-37(44)23-21-35(33)28-46(38-19-13-18-34(27-38)40(47)7-2)29-36-22-24-39(36)42(51-4)20-12-14-31(3)30-52(5,50)45-43(49)41(48)25-32-15-10-9-11-16-32/h9-13,15-16,18-21,23,26-27,31,36,39,41-42,48H,5-8,14,17,22,24-25,28-30H2,1-4H3,(H,45,49,50)/b20-12+/t31-,36-,39+,41-,42-,52?/m0/s1. The Bertz CT molecular complexity index is 1750. The highest BCUT2D eigenvalue weighted by molar-refractivity contribution is 7.99. The summed E-state index contributed by atoms with van der Waals surface area (Å²) in [5, 5.41) is 11.1. The number of aryl methyl sites for hydroxylation is 1. The molecule has 0 aromatic heterocycles. The van der Waals surface area contributed by atoms with Gasteiger partial charge in [0.25, 0.3) is 5.91 Å². The molecule has 0 bridgehead atoms. The monoisotopic (exact) mass is 748 g/mol. The van der Waals surface area contributed by atoms with Crippen LogP contribution >= 0.6 is 11.6 Å². The van der Waals surface area contributed by atoms with E-state index in [0.29, 0.717) is 24.7 Å². The second kappa shape index (κ2) is 20.1. The first kappa shape index (κ1) is 41.3. The van der Waals surface area contributed by atoms with Crippen molar-refractivity contribution in [1.29, 1.82) is 0 Å². The Morgan fingerprint density at radius 2 is 1.85 bits per heavy atom. The van der Waals surface area contributed by atoms with Gasteiger partial charge in [-0.3, -0.25) is 14.3 Å². The maximum absolute atomic E-state index is 13.2. The molecule has 3 aromatic rings. The lowest BCUT2D eigenvalue weighted by Gasteiger charge is -2.43. The molecule has 0 spiro atoms. The van der Waals surface area contributed by atoms with Crippen molar-refractivity contribution in [3.05, 3.63) is 112 Å². The lowest BCUT2D eigenvalue weighted by Crippen LogP contribution is -2.43. The van der Waals surface area contributed by atoms with Crippen LogP contribution in [0.1, 0.15) is 86.3 Å². The summed E-state index contributed by atoms with van der Waals surface area (Å²) in [4.78, 5) is 27.7. The minimum absolute atomic E-state index is 0.0163. The molecule has 0 heterocycles.